The van der Waals surface area contributed by atoms with Gasteiger partial charge in [-0.2, -0.15) is 0 Å². The molecule has 0 radical (unpaired) electrons. The van der Waals surface area contributed by atoms with Crippen LogP contribution in [0.2, 0.25) is 0 Å². The lowest BCUT2D eigenvalue weighted by atomic mass is 10.3. The normalized spacial score (nSPS) is 10.6. The molecule has 0 heterocycles. The summed E-state index contributed by atoms with van der Waals surface area (Å²) in [5, 5.41) is 17.7. The second kappa shape index (κ2) is 12.6. The summed E-state index contributed by atoms with van der Waals surface area (Å²) in [6.45, 7) is 6.71. The third-order valence-electron chi connectivity index (χ3n) is 1.70. The Morgan fingerprint density at radius 3 is 2.26 bits per heavy atom. The van der Waals surface area contributed by atoms with Crippen molar-refractivity contribution in [1.82, 2.24) is 0 Å². The van der Waals surface area contributed by atoms with Crippen LogP contribution in [0.15, 0.2) is 56.0 Å². The number of aliphatic hydroxyl groups is 2. The quantitative estimate of drug-likeness (QED) is 0.426. The molecule has 106 valence electrons. The van der Waals surface area contributed by atoms with E-state index in [1.807, 2.05) is 18.2 Å². The van der Waals surface area contributed by atoms with E-state index in [0.717, 1.165) is 0 Å². The first-order chi connectivity index (χ1) is 9.24. The SMILES string of the molecule is C=COC=C.OCCOCC(O)Oc1ccccc1. The maximum Gasteiger partial charge on any atom is 0.221 e. The van der Waals surface area contributed by atoms with Crippen LogP contribution >= 0.6 is 0 Å². The summed E-state index contributed by atoms with van der Waals surface area (Å²) < 4.78 is 14.4. The van der Waals surface area contributed by atoms with Crippen molar-refractivity contribution in [3.63, 3.8) is 0 Å². The molecule has 19 heavy (non-hydrogen) atoms. The maximum atomic E-state index is 9.30. The van der Waals surface area contributed by atoms with Crippen molar-refractivity contribution in [1.29, 1.82) is 0 Å². The summed E-state index contributed by atoms with van der Waals surface area (Å²) in [7, 11) is 0. The van der Waals surface area contributed by atoms with E-state index >= 15 is 0 Å². The lowest BCUT2D eigenvalue weighted by molar-refractivity contribution is -0.0809. The summed E-state index contributed by atoms with van der Waals surface area (Å²) in [4.78, 5) is 0. The van der Waals surface area contributed by atoms with E-state index in [1.165, 1.54) is 12.5 Å². The molecular weight excluding hydrogens is 248 g/mol. The number of benzene rings is 1. The first-order valence-electron chi connectivity index (χ1n) is 5.70. The molecule has 2 N–H and O–H groups in total. The predicted molar refractivity (Wildman–Crippen MR) is 72.5 cm³/mol. The number of rotatable bonds is 8. The summed E-state index contributed by atoms with van der Waals surface area (Å²) in [5.41, 5.74) is 0. The van der Waals surface area contributed by atoms with Crippen molar-refractivity contribution < 1.29 is 24.4 Å². The Morgan fingerprint density at radius 1 is 1.16 bits per heavy atom. The molecule has 1 unspecified atom stereocenters. The number of para-hydroxylation sites is 1. The average molecular weight is 268 g/mol. The van der Waals surface area contributed by atoms with Gasteiger partial charge in [0, 0.05) is 0 Å². The van der Waals surface area contributed by atoms with Gasteiger partial charge in [0.25, 0.3) is 0 Å². The number of aliphatic hydroxyl groups excluding tert-OH is 2. The highest BCUT2D eigenvalue weighted by molar-refractivity contribution is 5.20. The highest BCUT2D eigenvalue weighted by Gasteiger charge is 2.04. The first-order valence-corrected chi connectivity index (χ1v) is 5.70. The Labute approximate surface area is 113 Å². The Kier molecular flexibility index (Phi) is 11.4. The van der Waals surface area contributed by atoms with Crippen LogP contribution in [0.1, 0.15) is 0 Å². The minimum Gasteiger partial charge on any atom is -0.474 e. The summed E-state index contributed by atoms with van der Waals surface area (Å²) in [6, 6.07) is 8.99. The lowest BCUT2D eigenvalue weighted by Gasteiger charge is -2.12. The van der Waals surface area contributed by atoms with E-state index in [4.69, 9.17) is 14.6 Å². The second-order valence-corrected chi connectivity index (χ2v) is 3.15. The van der Waals surface area contributed by atoms with Gasteiger partial charge in [-0.15, -0.1) is 0 Å². The minimum atomic E-state index is -0.996. The van der Waals surface area contributed by atoms with Crippen LogP contribution in [-0.2, 0) is 9.47 Å². The van der Waals surface area contributed by atoms with E-state index in [9.17, 15) is 5.11 Å². The summed E-state index contributed by atoms with van der Waals surface area (Å²) >= 11 is 0. The van der Waals surface area contributed by atoms with Gasteiger partial charge in [0.1, 0.15) is 12.4 Å². The zero-order valence-corrected chi connectivity index (χ0v) is 10.8. The van der Waals surface area contributed by atoms with Crippen LogP contribution in [0, 0.1) is 0 Å². The molecule has 0 aliphatic heterocycles. The maximum absolute atomic E-state index is 9.30. The number of hydrogen-bond acceptors (Lipinski definition) is 5. The molecule has 1 aromatic carbocycles. The number of hydrogen-bond donors (Lipinski definition) is 2. The topological polar surface area (TPSA) is 68.2 Å². The van der Waals surface area contributed by atoms with Crippen molar-refractivity contribution in [3.8, 4) is 5.75 Å². The first kappa shape index (κ1) is 17.2. The highest BCUT2D eigenvalue weighted by Crippen LogP contribution is 2.09. The molecule has 0 spiro atoms. The Balaban J connectivity index is 0.000000555. The standard InChI is InChI=1S/C10H14O4.C4H6O/c11-6-7-13-8-10(12)14-9-4-2-1-3-5-9;1-3-5-4-2/h1-5,10-12H,6-8H2;3-4H,1-2H2. The Morgan fingerprint density at radius 2 is 1.79 bits per heavy atom. The molecule has 5 nitrogen and oxygen atoms in total. The van der Waals surface area contributed by atoms with Gasteiger partial charge in [-0.1, -0.05) is 31.4 Å². The molecule has 0 aromatic heterocycles. The zero-order valence-electron chi connectivity index (χ0n) is 10.8. The van der Waals surface area contributed by atoms with Crippen molar-refractivity contribution >= 4 is 0 Å². The van der Waals surface area contributed by atoms with Crippen LogP contribution < -0.4 is 4.74 Å². The Hall–Kier alpha value is -1.82. The molecule has 1 atom stereocenters. The average Bonchev–Trinajstić information content (AvgIpc) is 2.42. The van der Waals surface area contributed by atoms with Crippen molar-refractivity contribution in [2.75, 3.05) is 19.8 Å². The monoisotopic (exact) mass is 268 g/mol. The molecule has 0 saturated carbocycles. The predicted octanol–water partition coefficient (Wildman–Crippen LogP) is 1.68. The number of ether oxygens (including phenoxy) is 3. The molecule has 0 aliphatic carbocycles. The van der Waals surface area contributed by atoms with Gasteiger partial charge in [0.05, 0.1) is 25.7 Å². The van der Waals surface area contributed by atoms with Crippen LogP contribution in [0.25, 0.3) is 0 Å². The highest BCUT2D eigenvalue weighted by atomic mass is 16.6. The minimum absolute atomic E-state index is 0.0510. The van der Waals surface area contributed by atoms with Crippen molar-refractivity contribution in [2.45, 2.75) is 6.29 Å². The third kappa shape index (κ3) is 11.0. The van der Waals surface area contributed by atoms with Crippen molar-refractivity contribution in [2.24, 2.45) is 0 Å². The van der Waals surface area contributed by atoms with E-state index in [-0.39, 0.29) is 19.8 Å². The molecule has 1 aromatic rings. The molecule has 1 rings (SSSR count). The van der Waals surface area contributed by atoms with E-state index < -0.39 is 6.29 Å². The molecule has 0 aliphatic rings. The van der Waals surface area contributed by atoms with E-state index in [1.54, 1.807) is 12.1 Å². The zero-order chi connectivity index (χ0) is 14.3. The fraction of sp³-hybridized carbons (Fsp3) is 0.286. The molecule has 5 heteroatoms. The molecular formula is C14H20O5. The fourth-order valence-corrected chi connectivity index (χ4v) is 1.01. The summed E-state index contributed by atoms with van der Waals surface area (Å²) in [6.07, 6.45) is 1.63. The van der Waals surface area contributed by atoms with E-state index in [2.05, 4.69) is 17.9 Å². The van der Waals surface area contributed by atoms with Crippen LogP contribution in [0.4, 0.5) is 0 Å². The lowest BCUT2D eigenvalue weighted by Crippen LogP contribution is -2.23. The molecule has 0 amide bonds. The third-order valence-corrected chi connectivity index (χ3v) is 1.70. The van der Waals surface area contributed by atoms with E-state index in [0.29, 0.717) is 5.75 Å². The molecule has 0 saturated heterocycles. The van der Waals surface area contributed by atoms with Gasteiger partial charge in [-0.25, -0.2) is 0 Å². The Bertz CT molecular complexity index is 320. The summed E-state index contributed by atoms with van der Waals surface area (Å²) in [5.74, 6) is 0.590. The molecule has 0 bridgehead atoms. The van der Waals surface area contributed by atoms with Crippen molar-refractivity contribution in [3.05, 3.63) is 56.0 Å². The van der Waals surface area contributed by atoms with Crippen LogP contribution in [-0.4, -0.2) is 36.3 Å². The van der Waals surface area contributed by atoms with Gasteiger partial charge < -0.3 is 24.4 Å². The fourth-order valence-electron chi connectivity index (χ4n) is 1.01. The largest absolute Gasteiger partial charge is 0.474 e. The molecule has 0 fully saturated rings. The second-order valence-electron chi connectivity index (χ2n) is 3.15. The smallest absolute Gasteiger partial charge is 0.221 e. The van der Waals surface area contributed by atoms with Gasteiger partial charge in [-0.05, 0) is 12.1 Å². The van der Waals surface area contributed by atoms with Gasteiger partial charge in [-0.3, -0.25) is 0 Å². The van der Waals surface area contributed by atoms with Crippen LogP contribution in [0.5, 0.6) is 5.75 Å². The van der Waals surface area contributed by atoms with Gasteiger partial charge >= 0.3 is 0 Å². The van der Waals surface area contributed by atoms with Gasteiger partial charge in [0.2, 0.25) is 6.29 Å². The van der Waals surface area contributed by atoms with Crippen LogP contribution in [0.3, 0.4) is 0 Å². The van der Waals surface area contributed by atoms with Gasteiger partial charge in [0.15, 0.2) is 0 Å².